The molecule has 2 aromatic rings. The molecule has 37 heavy (non-hydrogen) atoms. The molecule has 0 bridgehead atoms. The molecule has 0 aliphatic heterocycles. The SMILES string of the molecule is CCCC[N+](CCCC)(CCCC)CCCC.CS(=O)(=O)Nc1cnccc1OCc1ccccc1.[F-]. The van der Waals surface area contributed by atoms with Crippen LogP contribution in [0.25, 0.3) is 0 Å². The molecule has 0 unspecified atom stereocenters. The van der Waals surface area contributed by atoms with Crippen LogP contribution in [0.3, 0.4) is 0 Å². The number of aromatic nitrogens is 1. The van der Waals surface area contributed by atoms with Gasteiger partial charge in [-0.3, -0.25) is 9.71 Å². The van der Waals surface area contributed by atoms with Crippen LogP contribution >= 0.6 is 0 Å². The Balaban J connectivity index is 0.000000688. The second-order valence-corrected chi connectivity index (χ2v) is 11.4. The highest BCUT2D eigenvalue weighted by molar-refractivity contribution is 7.92. The van der Waals surface area contributed by atoms with Crippen molar-refractivity contribution in [1.82, 2.24) is 4.98 Å². The lowest BCUT2D eigenvalue weighted by Crippen LogP contribution is -3.00. The summed E-state index contributed by atoms with van der Waals surface area (Å²) in [4.78, 5) is 3.88. The van der Waals surface area contributed by atoms with Crippen molar-refractivity contribution < 1.29 is 22.3 Å². The van der Waals surface area contributed by atoms with E-state index in [1.807, 2.05) is 30.3 Å². The van der Waals surface area contributed by atoms with Gasteiger partial charge in [-0.2, -0.15) is 0 Å². The van der Waals surface area contributed by atoms with Gasteiger partial charge in [-0.25, -0.2) is 8.42 Å². The summed E-state index contributed by atoms with van der Waals surface area (Å²) < 4.78 is 31.9. The first kappa shape index (κ1) is 34.8. The van der Waals surface area contributed by atoms with E-state index in [-0.39, 0.29) is 4.70 Å². The van der Waals surface area contributed by atoms with Gasteiger partial charge in [-0.05, 0) is 31.2 Å². The van der Waals surface area contributed by atoms with Crippen LogP contribution in [0, 0.1) is 0 Å². The minimum absolute atomic E-state index is 0. The number of nitrogens with zero attached hydrogens (tertiary/aromatic N) is 2. The molecule has 0 amide bonds. The van der Waals surface area contributed by atoms with E-state index in [0.29, 0.717) is 18.0 Å². The van der Waals surface area contributed by atoms with Gasteiger partial charge >= 0.3 is 0 Å². The predicted octanol–water partition coefficient (Wildman–Crippen LogP) is 4.04. The van der Waals surface area contributed by atoms with Gasteiger partial charge in [0.15, 0.2) is 0 Å². The monoisotopic (exact) mass is 539 g/mol. The average molecular weight is 540 g/mol. The molecule has 1 heterocycles. The van der Waals surface area contributed by atoms with Crippen molar-refractivity contribution in [3.05, 3.63) is 54.4 Å². The molecule has 1 aromatic heterocycles. The molecule has 0 spiro atoms. The second-order valence-electron chi connectivity index (χ2n) is 9.67. The van der Waals surface area contributed by atoms with Crippen molar-refractivity contribution in [2.45, 2.75) is 85.7 Å². The summed E-state index contributed by atoms with van der Waals surface area (Å²) in [6, 6.07) is 11.3. The van der Waals surface area contributed by atoms with Crippen LogP contribution in [0.15, 0.2) is 48.8 Å². The molecule has 0 atom stereocenters. The predicted molar refractivity (Wildman–Crippen MR) is 153 cm³/mol. The maximum atomic E-state index is 11.2. The molecular formula is C29H50FN3O3S. The van der Waals surface area contributed by atoms with E-state index in [4.69, 9.17) is 4.74 Å². The van der Waals surface area contributed by atoms with Crippen molar-refractivity contribution in [3.63, 3.8) is 0 Å². The number of unbranched alkanes of at least 4 members (excludes halogenated alkanes) is 4. The van der Waals surface area contributed by atoms with Crippen LogP contribution in [0.2, 0.25) is 0 Å². The fraction of sp³-hybridized carbons (Fsp3) is 0.621. The van der Waals surface area contributed by atoms with Crippen molar-refractivity contribution in [2.24, 2.45) is 0 Å². The molecule has 0 aliphatic rings. The maximum Gasteiger partial charge on any atom is 0.229 e. The molecule has 8 heteroatoms. The van der Waals surface area contributed by atoms with Crippen LogP contribution < -0.4 is 14.2 Å². The number of nitrogens with one attached hydrogen (secondary N) is 1. The number of sulfonamides is 1. The van der Waals surface area contributed by atoms with Crippen molar-refractivity contribution in [1.29, 1.82) is 0 Å². The fourth-order valence-corrected chi connectivity index (χ4v) is 4.72. The molecule has 6 nitrogen and oxygen atoms in total. The molecule has 1 aromatic carbocycles. The summed E-state index contributed by atoms with van der Waals surface area (Å²) in [6.07, 6.45) is 15.1. The zero-order valence-electron chi connectivity index (χ0n) is 23.7. The van der Waals surface area contributed by atoms with Crippen molar-refractivity contribution in [2.75, 3.05) is 37.2 Å². The molecule has 2 rings (SSSR count). The van der Waals surface area contributed by atoms with E-state index in [0.717, 1.165) is 11.8 Å². The van der Waals surface area contributed by atoms with E-state index in [2.05, 4.69) is 37.4 Å². The van der Waals surface area contributed by atoms with Crippen LogP contribution in [0.5, 0.6) is 5.75 Å². The Bertz CT molecular complexity index is 889. The molecule has 0 fully saturated rings. The number of hydrogen-bond donors (Lipinski definition) is 1. The number of pyridine rings is 1. The Kier molecular flexibility index (Phi) is 18.7. The van der Waals surface area contributed by atoms with E-state index in [9.17, 15) is 8.42 Å². The lowest BCUT2D eigenvalue weighted by molar-refractivity contribution is -0.929. The number of hydrogen-bond acceptors (Lipinski definition) is 4. The highest BCUT2D eigenvalue weighted by atomic mass is 32.2. The van der Waals surface area contributed by atoms with Gasteiger partial charge in [-0.1, -0.05) is 83.7 Å². The van der Waals surface area contributed by atoms with Gasteiger partial charge in [-0.15, -0.1) is 0 Å². The topological polar surface area (TPSA) is 68.3 Å². The Morgan fingerprint density at radius 1 is 0.811 bits per heavy atom. The van der Waals surface area contributed by atoms with Gasteiger partial charge in [0.1, 0.15) is 18.0 Å². The highest BCUT2D eigenvalue weighted by Crippen LogP contribution is 2.24. The molecule has 0 saturated heterocycles. The molecule has 1 N–H and O–H groups in total. The number of anilines is 1. The Hall–Kier alpha value is -2.19. The summed E-state index contributed by atoms with van der Waals surface area (Å²) in [7, 11) is -3.35. The van der Waals surface area contributed by atoms with Crippen LogP contribution in [0.4, 0.5) is 5.69 Å². The number of ether oxygens (including phenoxy) is 1. The van der Waals surface area contributed by atoms with Crippen LogP contribution in [-0.4, -0.2) is 50.3 Å². The van der Waals surface area contributed by atoms with Gasteiger partial charge in [0.2, 0.25) is 10.0 Å². The number of quaternary nitrogens is 1. The standard InChI is InChI=1S/C16H36N.C13H14N2O3S.FH/c1-5-9-13-17(14-10-6-2,15-11-7-3)16-12-8-4;1-19(16,17)15-12-9-14-8-7-13(12)18-10-11-5-3-2-4-6-11;/h5-16H2,1-4H3;2-9,15H,10H2,1H3;1H/q+1;;/p-1. The third-order valence-electron chi connectivity index (χ3n) is 6.26. The summed E-state index contributed by atoms with van der Waals surface area (Å²) >= 11 is 0. The molecule has 0 aliphatic carbocycles. The van der Waals surface area contributed by atoms with E-state index >= 15 is 0 Å². The van der Waals surface area contributed by atoms with Crippen LogP contribution in [0.1, 0.15) is 84.6 Å². The van der Waals surface area contributed by atoms with Gasteiger partial charge in [0.05, 0.1) is 38.6 Å². The third-order valence-corrected chi connectivity index (χ3v) is 6.85. The smallest absolute Gasteiger partial charge is 0.229 e. The highest BCUT2D eigenvalue weighted by Gasteiger charge is 2.24. The molecule has 212 valence electrons. The number of halogens is 1. The average Bonchev–Trinajstić information content (AvgIpc) is 2.87. The zero-order chi connectivity index (χ0) is 26.7. The van der Waals surface area contributed by atoms with E-state index in [1.54, 1.807) is 12.3 Å². The minimum Gasteiger partial charge on any atom is -1.00 e. The summed E-state index contributed by atoms with van der Waals surface area (Å²) in [5.41, 5.74) is 1.34. The van der Waals surface area contributed by atoms with Crippen molar-refractivity contribution >= 4 is 15.7 Å². The molecular weight excluding hydrogens is 489 g/mol. The maximum absolute atomic E-state index is 11.2. The molecule has 0 saturated carbocycles. The quantitative estimate of drug-likeness (QED) is 0.308. The normalized spacial score (nSPS) is 11.2. The fourth-order valence-electron chi connectivity index (χ4n) is 4.16. The third kappa shape index (κ3) is 15.6. The van der Waals surface area contributed by atoms with E-state index < -0.39 is 10.0 Å². The van der Waals surface area contributed by atoms with Crippen LogP contribution in [-0.2, 0) is 16.6 Å². The lowest BCUT2D eigenvalue weighted by Gasteiger charge is -2.39. The first-order chi connectivity index (χ1) is 17.3. The molecule has 0 radical (unpaired) electrons. The summed E-state index contributed by atoms with van der Waals surface area (Å²) in [5, 5.41) is 0. The first-order valence-corrected chi connectivity index (χ1v) is 15.6. The van der Waals surface area contributed by atoms with Crippen molar-refractivity contribution in [3.8, 4) is 5.75 Å². The summed E-state index contributed by atoms with van der Waals surface area (Å²) in [5.74, 6) is 0.448. The lowest BCUT2D eigenvalue weighted by atomic mass is 10.1. The van der Waals surface area contributed by atoms with E-state index in [1.165, 1.54) is 88.2 Å². The Morgan fingerprint density at radius 2 is 1.30 bits per heavy atom. The van der Waals surface area contributed by atoms with Gasteiger partial charge in [0.25, 0.3) is 0 Å². The Morgan fingerprint density at radius 3 is 1.73 bits per heavy atom. The largest absolute Gasteiger partial charge is 1.00 e. The minimum atomic E-state index is -3.35. The second kappa shape index (κ2) is 19.9. The summed E-state index contributed by atoms with van der Waals surface area (Å²) in [6.45, 7) is 15.4. The first-order valence-electron chi connectivity index (χ1n) is 13.7. The zero-order valence-corrected chi connectivity index (χ0v) is 24.5. The number of benzene rings is 1. The Labute approximate surface area is 225 Å². The number of rotatable bonds is 17. The van der Waals surface area contributed by atoms with Gasteiger partial charge in [0, 0.05) is 12.3 Å². The van der Waals surface area contributed by atoms with Gasteiger partial charge < -0.3 is 13.9 Å².